The van der Waals surface area contributed by atoms with Crippen molar-refractivity contribution >= 4 is 5.91 Å². The Labute approximate surface area is 174 Å². The lowest BCUT2D eigenvalue weighted by Gasteiger charge is -2.65. The second-order valence-electron chi connectivity index (χ2n) is 9.30. The molecule has 164 valence electrons. The quantitative estimate of drug-likeness (QED) is 0.733. The number of fused-ring (bicyclic) bond motifs is 2. The summed E-state index contributed by atoms with van der Waals surface area (Å²) in [5.41, 5.74) is -0.100. The lowest BCUT2D eigenvalue weighted by atomic mass is 9.79. The predicted octanol–water partition coefficient (Wildman–Crippen LogP) is 2.61. The normalized spacial score (nSPS) is 29.4. The lowest BCUT2D eigenvalue weighted by Crippen LogP contribution is -2.81. The van der Waals surface area contributed by atoms with E-state index in [2.05, 4.69) is 9.80 Å². The fourth-order valence-electron chi connectivity index (χ4n) is 5.79. The van der Waals surface area contributed by atoms with E-state index >= 15 is 0 Å². The van der Waals surface area contributed by atoms with Crippen LogP contribution in [0.25, 0.3) is 0 Å². The largest absolute Gasteiger partial charge is 0.378 e. The third-order valence-corrected chi connectivity index (χ3v) is 7.34. The number of alkyl halides is 2. The molecular weight excluding hydrogens is 395 g/mol. The summed E-state index contributed by atoms with van der Waals surface area (Å²) >= 11 is 0. The van der Waals surface area contributed by atoms with Gasteiger partial charge in [0.05, 0.1) is 30.4 Å². The van der Waals surface area contributed by atoms with Crippen LogP contribution in [0.15, 0.2) is 24.3 Å². The molecule has 1 amide bonds. The number of morpholine rings is 1. The van der Waals surface area contributed by atoms with E-state index in [9.17, 15) is 18.0 Å². The Balaban J connectivity index is 1.32. The number of halogens is 3. The molecule has 1 atom stereocenters. The van der Waals surface area contributed by atoms with Crippen LogP contribution in [0.3, 0.4) is 0 Å². The van der Waals surface area contributed by atoms with Crippen LogP contribution in [0, 0.1) is 5.82 Å². The zero-order valence-corrected chi connectivity index (χ0v) is 17.0. The van der Waals surface area contributed by atoms with E-state index in [0.717, 1.165) is 19.6 Å². The summed E-state index contributed by atoms with van der Waals surface area (Å²) in [6.45, 7) is 4.61. The number of benzene rings is 1. The highest BCUT2D eigenvalue weighted by atomic mass is 19.3. The molecule has 3 saturated heterocycles. The first kappa shape index (κ1) is 20.3. The molecule has 0 aromatic heterocycles. The number of carbonyl (C=O) groups is 1. The Morgan fingerprint density at radius 1 is 1.07 bits per heavy atom. The number of amides is 1. The highest BCUT2D eigenvalue weighted by Crippen LogP contribution is 2.42. The Bertz CT molecular complexity index is 805. The van der Waals surface area contributed by atoms with Crippen molar-refractivity contribution in [2.45, 2.75) is 49.2 Å². The van der Waals surface area contributed by atoms with Gasteiger partial charge in [-0.3, -0.25) is 14.6 Å². The van der Waals surface area contributed by atoms with Gasteiger partial charge in [-0.05, 0) is 25.0 Å². The number of piperazine rings is 1. The number of rotatable bonds is 2. The number of carbonyl (C=O) groups excluding carboxylic acids is 1. The molecule has 0 radical (unpaired) electrons. The molecule has 0 N–H and O–H groups in total. The van der Waals surface area contributed by atoms with E-state index in [1.54, 1.807) is 17.0 Å². The van der Waals surface area contributed by atoms with Crippen LogP contribution in [-0.2, 0) is 4.74 Å². The third kappa shape index (κ3) is 3.52. The van der Waals surface area contributed by atoms with E-state index in [1.807, 2.05) is 0 Å². The molecule has 0 bridgehead atoms. The van der Waals surface area contributed by atoms with Crippen molar-refractivity contribution in [3.63, 3.8) is 0 Å². The molecule has 1 aromatic carbocycles. The van der Waals surface area contributed by atoms with E-state index < -0.39 is 11.7 Å². The standard InChI is InChI=1S/C22H28F3N3O2/c23-19-4-2-1-3-18(19)20(29)26-11-17-12-30-10-9-28(17)21(13-26)14-27(15-21)16-5-7-22(24,25)8-6-16/h1-4,16-17H,5-15H2. The molecule has 1 spiro atoms. The fourth-order valence-corrected chi connectivity index (χ4v) is 5.79. The number of nitrogens with zero attached hydrogens (tertiary/aromatic N) is 3. The van der Waals surface area contributed by atoms with Crippen molar-refractivity contribution in [2.75, 3.05) is 45.9 Å². The van der Waals surface area contributed by atoms with Gasteiger partial charge in [-0.2, -0.15) is 0 Å². The summed E-state index contributed by atoms with van der Waals surface area (Å²) < 4.78 is 47.0. The van der Waals surface area contributed by atoms with Gasteiger partial charge in [-0.15, -0.1) is 0 Å². The van der Waals surface area contributed by atoms with Crippen molar-refractivity contribution in [3.05, 3.63) is 35.6 Å². The van der Waals surface area contributed by atoms with Crippen LogP contribution in [0.1, 0.15) is 36.0 Å². The molecule has 5 rings (SSSR count). The molecule has 4 fully saturated rings. The van der Waals surface area contributed by atoms with Crippen LogP contribution < -0.4 is 0 Å². The maximum absolute atomic E-state index is 14.2. The first-order valence-electron chi connectivity index (χ1n) is 10.9. The van der Waals surface area contributed by atoms with Gasteiger partial charge in [-0.1, -0.05) is 12.1 Å². The van der Waals surface area contributed by atoms with E-state index in [-0.39, 0.29) is 41.9 Å². The van der Waals surface area contributed by atoms with Gasteiger partial charge in [-0.25, -0.2) is 13.2 Å². The lowest BCUT2D eigenvalue weighted by molar-refractivity contribution is -0.173. The molecule has 1 unspecified atom stereocenters. The van der Waals surface area contributed by atoms with E-state index in [4.69, 9.17) is 4.74 Å². The van der Waals surface area contributed by atoms with Crippen molar-refractivity contribution in [1.29, 1.82) is 0 Å². The smallest absolute Gasteiger partial charge is 0.256 e. The summed E-state index contributed by atoms with van der Waals surface area (Å²) in [5, 5.41) is 0. The van der Waals surface area contributed by atoms with Crippen molar-refractivity contribution in [2.24, 2.45) is 0 Å². The summed E-state index contributed by atoms with van der Waals surface area (Å²) in [4.78, 5) is 19.6. The van der Waals surface area contributed by atoms with Gasteiger partial charge in [0.1, 0.15) is 5.82 Å². The molecule has 30 heavy (non-hydrogen) atoms. The molecular formula is C22H28F3N3O2. The second kappa shape index (κ2) is 7.50. The Kier molecular flexibility index (Phi) is 5.07. The minimum atomic E-state index is -2.53. The maximum atomic E-state index is 14.2. The second-order valence-corrected chi connectivity index (χ2v) is 9.30. The fraction of sp³-hybridized carbons (Fsp3) is 0.682. The molecule has 1 aliphatic carbocycles. The van der Waals surface area contributed by atoms with Crippen LogP contribution in [0.4, 0.5) is 13.2 Å². The molecule has 4 aliphatic rings. The summed E-state index contributed by atoms with van der Waals surface area (Å²) in [6.07, 6.45) is 0.958. The van der Waals surface area contributed by atoms with Crippen LogP contribution in [0.5, 0.6) is 0 Å². The zero-order chi connectivity index (χ0) is 20.9. The van der Waals surface area contributed by atoms with E-state index in [1.165, 1.54) is 12.1 Å². The summed E-state index contributed by atoms with van der Waals surface area (Å²) in [6, 6.07) is 6.37. The van der Waals surface area contributed by atoms with Crippen LogP contribution in [-0.4, -0.2) is 90.1 Å². The first-order valence-corrected chi connectivity index (χ1v) is 10.9. The minimum absolute atomic E-state index is 0.0424. The zero-order valence-electron chi connectivity index (χ0n) is 17.0. The van der Waals surface area contributed by atoms with Gasteiger partial charge in [0, 0.05) is 51.6 Å². The molecule has 5 nitrogen and oxygen atoms in total. The Morgan fingerprint density at radius 3 is 2.53 bits per heavy atom. The van der Waals surface area contributed by atoms with E-state index in [0.29, 0.717) is 39.1 Å². The Morgan fingerprint density at radius 2 is 1.80 bits per heavy atom. The van der Waals surface area contributed by atoms with Gasteiger partial charge in [0.2, 0.25) is 5.92 Å². The highest BCUT2D eigenvalue weighted by molar-refractivity contribution is 5.94. The molecule has 1 saturated carbocycles. The maximum Gasteiger partial charge on any atom is 0.256 e. The van der Waals surface area contributed by atoms with Gasteiger partial charge in [0.25, 0.3) is 5.91 Å². The molecule has 1 aromatic rings. The average Bonchev–Trinajstić information content (AvgIpc) is 2.71. The van der Waals surface area contributed by atoms with Crippen LogP contribution in [0.2, 0.25) is 0 Å². The van der Waals surface area contributed by atoms with Crippen molar-refractivity contribution < 1.29 is 22.7 Å². The van der Waals surface area contributed by atoms with Gasteiger partial charge < -0.3 is 9.64 Å². The topological polar surface area (TPSA) is 36.0 Å². The predicted molar refractivity (Wildman–Crippen MR) is 105 cm³/mol. The SMILES string of the molecule is O=C(c1ccccc1F)N1CC2COCCN2C2(C1)CN(C1CCC(F)(F)CC1)C2. The minimum Gasteiger partial charge on any atom is -0.378 e. The summed E-state index contributed by atoms with van der Waals surface area (Å²) in [5.74, 6) is -3.31. The molecule has 3 heterocycles. The molecule has 3 aliphatic heterocycles. The van der Waals surface area contributed by atoms with Crippen molar-refractivity contribution in [1.82, 2.24) is 14.7 Å². The average molecular weight is 423 g/mol. The number of hydrogen-bond acceptors (Lipinski definition) is 4. The van der Waals surface area contributed by atoms with Gasteiger partial charge in [0.15, 0.2) is 0 Å². The number of likely N-dealkylation sites (tertiary alicyclic amines) is 1. The highest BCUT2D eigenvalue weighted by Gasteiger charge is 2.56. The van der Waals surface area contributed by atoms with Gasteiger partial charge >= 0.3 is 0 Å². The number of ether oxygens (including phenoxy) is 1. The monoisotopic (exact) mass is 423 g/mol. The van der Waals surface area contributed by atoms with Crippen molar-refractivity contribution in [3.8, 4) is 0 Å². The Hall–Kier alpha value is -1.64. The third-order valence-electron chi connectivity index (χ3n) is 7.34. The first-order chi connectivity index (χ1) is 14.4. The summed E-state index contributed by atoms with van der Waals surface area (Å²) in [7, 11) is 0. The molecule has 8 heteroatoms. The van der Waals surface area contributed by atoms with Crippen LogP contribution >= 0.6 is 0 Å². The number of hydrogen-bond donors (Lipinski definition) is 0.